The van der Waals surface area contributed by atoms with Gasteiger partial charge in [-0.2, -0.15) is 9.78 Å². The summed E-state index contributed by atoms with van der Waals surface area (Å²) in [5.74, 6) is 0.202. The van der Waals surface area contributed by atoms with Crippen LogP contribution in [0.15, 0.2) is 48.5 Å². The maximum Gasteiger partial charge on any atom is 0.342 e. The second-order valence-corrected chi connectivity index (χ2v) is 8.21. The number of nitrogens with zero attached hydrogens (tertiary/aromatic N) is 2. The van der Waals surface area contributed by atoms with Crippen molar-refractivity contribution in [2.24, 2.45) is 0 Å². The Morgan fingerprint density at radius 2 is 1.94 bits per heavy atom. The fourth-order valence-electron chi connectivity index (χ4n) is 3.81. The van der Waals surface area contributed by atoms with Crippen molar-refractivity contribution in [2.45, 2.75) is 52.0 Å². The smallest absolute Gasteiger partial charge is 0.342 e. The molecular weight excluding hydrogens is 404 g/mol. The second-order valence-electron chi connectivity index (χ2n) is 8.21. The van der Waals surface area contributed by atoms with Gasteiger partial charge in [0.1, 0.15) is 5.75 Å². The molecule has 0 bridgehead atoms. The summed E-state index contributed by atoms with van der Waals surface area (Å²) in [6.45, 7) is 4.20. The Bertz CT molecular complexity index is 1150. The molecule has 32 heavy (non-hydrogen) atoms. The molecule has 1 heterocycles. The zero-order chi connectivity index (χ0) is 22.7. The van der Waals surface area contributed by atoms with E-state index in [2.05, 4.69) is 15.7 Å². The number of aromatic hydroxyl groups is 1. The van der Waals surface area contributed by atoms with Gasteiger partial charge in [-0.1, -0.05) is 37.6 Å². The van der Waals surface area contributed by atoms with Gasteiger partial charge in [0, 0.05) is 30.1 Å². The lowest BCUT2D eigenvalue weighted by Gasteiger charge is -2.25. The fourth-order valence-corrected chi connectivity index (χ4v) is 3.81. The molecule has 166 valence electrons. The molecular formula is C25H28N4O3. The summed E-state index contributed by atoms with van der Waals surface area (Å²) < 4.78 is 1.42. The normalized spacial score (nSPS) is 13.4. The van der Waals surface area contributed by atoms with Crippen LogP contribution in [0.1, 0.15) is 55.3 Å². The molecule has 1 aliphatic rings. The van der Waals surface area contributed by atoms with E-state index >= 15 is 0 Å². The number of amides is 2. The van der Waals surface area contributed by atoms with E-state index in [1.165, 1.54) is 10.7 Å². The SMILES string of the molecule is CCC(=O)Nc1ccc(O)c(-c2cc(C3CCC3)n(C(=O)NCc3ccccc3C)n2)c1. The molecule has 1 fully saturated rings. The molecule has 0 aliphatic heterocycles. The summed E-state index contributed by atoms with van der Waals surface area (Å²) in [6.07, 6.45) is 3.50. The average Bonchev–Trinajstić information content (AvgIpc) is 3.17. The van der Waals surface area contributed by atoms with Gasteiger partial charge in [-0.25, -0.2) is 4.79 Å². The zero-order valence-corrected chi connectivity index (χ0v) is 18.4. The van der Waals surface area contributed by atoms with Crippen molar-refractivity contribution in [3.8, 4) is 17.0 Å². The molecule has 0 atom stereocenters. The van der Waals surface area contributed by atoms with E-state index in [0.29, 0.717) is 29.9 Å². The second kappa shape index (κ2) is 9.26. The topological polar surface area (TPSA) is 96.2 Å². The van der Waals surface area contributed by atoms with Crippen LogP contribution in [0.4, 0.5) is 10.5 Å². The van der Waals surface area contributed by atoms with E-state index in [-0.39, 0.29) is 23.6 Å². The highest BCUT2D eigenvalue weighted by atomic mass is 16.3. The number of aryl methyl sites for hydroxylation is 1. The molecule has 1 saturated carbocycles. The number of carbonyl (C=O) groups excluding carboxylic acids is 2. The highest BCUT2D eigenvalue weighted by Gasteiger charge is 2.27. The number of phenols is 1. The number of hydrogen-bond donors (Lipinski definition) is 3. The minimum absolute atomic E-state index is 0.0459. The van der Waals surface area contributed by atoms with Crippen molar-refractivity contribution in [2.75, 3.05) is 5.32 Å². The van der Waals surface area contributed by atoms with Crippen LogP contribution in [-0.2, 0) is 11.3 Å². The number of aromatic nitrogens is 2. The van der Waals surface area contributed by atoms with Crippen LogP contribution >= 0.6 is 0 Å². The average molecular weight is 433 g/mol. The van der Waals surface area contributed by atoms with Gasteiger partial charge in [0.15, 0.2) is 0 Å². The number of rotatable bonds is 6. The van der Waals surface area contributed by atoms with Gasteiger partial charge >= 0.3 is 6.03 Å². The summed E-state index contributed by atoms with van der Waals surface area (Å²) in [5, 5.41) is 20.8. The van der Waals surface area contributed by atoms with Crippen LogP contribution in [0.3, 0.4) is 0 Å². The van der Waals surface area contributed by atoms with E-state index in [1.807, 2.05) is 37.3 Å². The van der Waals surface area contributed by atoms with Gasteiger partial charge in [0.25, 0.3) is 0 Å². The quantitative estimate of drug-likeness (QED) is 0.481. The van der Waals surface area contributed by atoms with E-state index in [1.54, 1.807) is 19.1 Å². The number of benzene rings is 2. The lowest BCUT2D eigenvalue weighted by Crippen LogP contribution is -2.31. The highest BCUT2D eigenvalue weighted by molar-refractivity contribution is 5.91. The minimum atomic E-state index is -0.295. The summed E-state index contributed by atoms with van der Waals surface area (Å²) in [6, 6.07) is 14.4. The maximum absolute atomic E-state index is 13.0. The molecule has 7 nitrogen and oxygen atoms in total. The van der Waals surface area contributed by atoms with Gasteiger partial charge in [-0.15, -0.1) is 0 Å². The molecule has 0 saturated heterocycles. The Morgan fingerprint density at radius 3 is 2.62 bits per heavy atom. The number of carbonyl (C=O) groups is 2. The number of hydrogen-bond acceptors (Lipinski definition) is 4. The maximum atomic E-state index is 13.0. The fraction of sp³-hybridized carbons (Fsp3) is 0.320. The summed E-state index contributed by atoms with van der Waals surface area (Å²) in [4.78, 5) is 24.8. The predicted molar refractivity (Wildman–Crippen MR) is 124 cm³/mol. The van der Waals surface area contributed by atoms with Crippen LogP contribution in [0.25, 0.3) is 11.3 Å². The van der Waals surface area contributed by atoms with Gasteiger partial charge in [-0.3, -0.25) is 4.79 Å². The first kappa shape index (κ1) is 21.6. The van der Waals surface area contributed by atoms with Gasteiger partial charge < -0.3 is 15.7 Å². The van der Waals surface area contributed by atoms with Crippen molar-refractivity contribution >= 4 is 17.6 Å². The predicted octanol–water partition coefficient (Wildman–Crippen LogP) is 4.94. The Morgan fingerprint density at radius 1 is 1.16 bits per heavy atom. The van der Waals surface area contributed by atoms with Gasteiger partial charge in [-0.05, 0) is 55.2 Å². The van der Waals surface area contributed by atoms with Gasteiger partial charge in [0.05, 0.1) is 11.4 Å². The summed E-state index contributed by atoms with van der Waals surface area (Å²) >= 11 is 0. The molecule has 4 rings (SSSR count). The first-order chi connectivity index (χ1) is 15.5. The van der Waals surface area contributed by atoms with E-state index < -0.39 is 0 Å². The van der Waals surface area contributed by atoms with Crippen LogP contribution in [-0.4, -0.2) is 26.8 Å². The summed E-state index contributed by atoms with van der Waals surface area (Å²) in [7, 11) is 0. The van der Waals surface area contributed by atoms with E-state index in [0.717, 1.165) is 36.1 Å². The van der Waals surface area contributed by atoms with E-state index in [9.17, 15) is 14.7 Å². The van der Waals surface area contributed by atoms with E-state index in [4.69, 9.17) is 0 Å². The molecule has 2 aromatic carbocycles. The third-order valence-electron chi connectivity index (χ3n) is 6.02. The molecule has 7 heteroatoms. The third-order valence-corrected chi connectivity index (χ3v) is 6.02. The summed E-state index contributed by atoms with van der Waals surface area (Å²) in [5.41, 5.74) is 4.57. The first-order valence-electron chi connectivity index (χ1n) is 11.0. The lowest BCUT2D eigenvalue weighted by atomic mass is 9.82. The highest BCUT2D eigenvalue weighted by Crippen LogP contribution is 2.39. The minimum Gasteiger partial charge on any atom is -0.507 e. The largest absolute Gasteiger partial charge is 0.507 e. The van der Waals surface area contributed by atoms with Crippen molar-refractivity contribution in [1.82, 2.24) is 15.1 Å². The number of phenolic OH excluding ortho intramolecular Hbond substituents is 1. The first-order valence-corrected chi connectivity index (χ1v) is 11.0. The number of nitrogens with one attached hydrogen (secondary N) is 2. The Hall–Kier alpha value is -3.61. The van der Waals surface area contributed by atoms with Gasteiger partial charge in [0.2, 0.25) is 5.91 Å². The Balaban J connectivity index is 1.63. The monoisotopic (exact) mass is 432 g/mol. The van der Waals surface area contributed by atoms with Crippen LogP contribution in [0.5, 0.6) is 5.75 Å². The zero-order valence-electron chi connectivity index (χ0n) is 18.4. The van der Waals surface area contributed by atoms with Crippen molar-refractivity contribution in [1.29, 1.82) is 0 Å². The molecule has 0 unspecified atom stereocenters. The molecule has 3 aromatic rings. The molecule has 2 amide bonds. The van der Waals surface area contributed by atoms with Crippen molar-refractivity contribution in [3.63, 3.8) is 0 Å². The standard InChI is InChI=1S/C25H28N4O3/c1-3-24(31)27-19-11-12-23(30)20(13-19)21-14-22(17-9-6-10-17)29(28-21)25(32)26-15-18-8-5-4-7-16(18)2/h4-5,7-8,11-14,17,30H,3,6,9-10,15H2,1-2H3,(H,26,32)(H,27,31). The molecule has 1 aliphatic carbocycles. The van der Waals surface area contributed by atoms with Crippen LogP contribution in [0, 0.1) is 6.92 Å². The molecule has 3 N–H and O–H groups in total. The number of anilines is 1. The lowest BCUT2D eigenvalue weighted by molar-refractivity contribution is -0.115. The molecule has 1 aromatic heterocycles. The van der Waals surface area contributed by atoms with Crippen molar-refractivity contribution < 1.29 is 14.7 Å². The molecule has 0 spiro atoms. The van der Waals surface area contributed by atoms with Crippen LogP contribution in [0.2, 0.25) is 0 Å². The third kappa shape index (κ3) is 4.51. The van der Waals surface area contributed by atoms with Crippen LogP contribution < -0.4 is 10.6 Å². The Labute approximate surface area is 187 Å². The van der Waals surface area contributed by atoms with Crippen molar-refractivity contribution in [3.05, 3.63) is 65.4 Å². The molecule has 0 radical (unpaired) electrons. The Kier molecular flexibility index (Phi) is 6.25.